The minimum Gasteiger partial charge on any atom is -0.293 e. The van der Waals surface area contributed by atoms with Crippen molar-refractivity contribution in [2.75, 3.05) is 19.6 Å². The maximum atomic E-state index is 13.6. The van der Waals surface area contributed by atoms with E-state index in [1.807, 2.05) is 79.0 Å². The number of sulfonamides is 1. The number of carbonyl (C=O) groups excluding carboxylic acids is 1. The molecule has 1 aromatic heterocycles. The van der Waals surface area contributed by atoms with Crippen molar-refractivity contribution < 1.29 is 13.2 Å². The summed E-state index contributed by atoms with van der Waals surface area (Å²) in [6, 6.07) is 26.7. The van der Waals surface area contributed by atoms with Crippen LogP contribution in [0.25, 0.3) is 23.0 Å². The Morgan fingerprint density at radius 3 is 2.40 bits per heavy atom. The SMILES string of the molecule is CC1CCN(S(=O)(=O)c2cccc(-c3nn(-c4ccccc4)cc3C=C3SC(=S)N(CCc4ccccc4)C3=O)c2)CC1. The molecule has 0 N–H and O–H groups in total. The number of rotatable bonds is 8. The van der Waals surface area contributed by atoms with Gasteiger partial charge in [0.05, 0.1) is 15.5 Å². The molecule has 0 radical (unpaired) electrons. The largest absolute Gasteiger partial charge is 0.293 e. The van der Waals surface area contributed by atoms with Crippen LogP contribution in [-0.4, -0.2) is 57.3 Å². The highest BCUT2D eigenvalue weighted by atomic mass is 32.2. The van der Waals surface area contributed by atoms with E-state index in [2.05, 4.69) is 6.92 Å². The van der Waals surface area contributed by atoms with Crippen LogP contribution in [0.5, 0.6) is 0 Å². The summed E-state index contributed by atoms with van der Waals surface area (Å²) in [5, 5.41) is 4.87. The number of amides is 1. The van der Waals surface area contributed by atoms with Crippen molar-refractivity contribution in [3.8, 4) is 16.9 Å². The zero-order valence-corrected chi connectivity index (χ0v) is 26.2. The summed E-state index contributed by atoms with van der Waals surface area (Å²) in [6.45, 7) is 3.70. The Kier molecular flexibility index (Phi) is 8.63. The van der Waals surface area contributed by atoms with Gasteiger partial charge in [-0.25, -0.2) is 13.1 Å². The molecule has 0 atom stereocenters. The summed E-state index contributed by atoms with van der Waals surface area (Å²) >= 11 is 6.87. The van der Waals surface area contributed by atoms with Gasteiger partial charge in [0.25, 0.3) is 5.91 Å². The number of hydrogen-bond acceptors (Lipinski definition) is 6. The van der Waals surface area contributed by atoms with E-state index in [9.17, 15) is 13.2 Å². The minimum atomic E-state index is -3.65. The molecule has 0 saturated carbocycles. The Morgan fingerprint density at radius 2 is 1.67 bits per heavy atom. The van der Waals surface area contributed by atoms with Crippen molar-refractivity contribution in [1.82, 2.24) is 19.0 Å². The molecule has 7 nitrogen and oxygen atoms in total. The fourth-order valence-electron chi connectivity index (χ4n) is 5.33. The second-order valence-corrected chi connectivity index (χ2v) is 14.5. The van der Waals surface area contributed by atoms with Crippen molar-refractivity contribution in [3.05, 3.63) is 107 Å². The average Bonchev–Trinajstić information content (AvgIpc) is 3.57. The predicted octanol–water partition coefficient (Wildman–Crippen LogP) is 6.40. The zero-order chi connectivity index (χ0) is 30.0. The van der Waals surface area contributed by atoms with Gasteiger partial charge in [-0.3, -0.25) is 9.69 Å². The number of thioether (sulfide) groups is 1. The lowest BCUT2D eigenvalue weighted by Crippen LogP contribution is -2.37. The van der Waals surface area contributed by atoms with Crippen LogP contribution in [0.1, 0.15) is 30.9 Å². The van der Waals surface area contributed by atoms with Gasteiger partial charge in [-0.05, 0) is 61.1 Å². The maximum Gasteiger partial charge on any atom is 0.266 e. The number of nitrogens with zero attached hydrogens (tertiary/aromatic N) is 4. The molecule has 43 heavy (non-hydrogen) atoms. The summed E-state index contributed by atoms with van der Waals surface area (Å²) in [7, 11) is -3.65. The van der Waals surface area contributed by atoms with Crippen LogP contribution in [-0.2, 0) is 21.2 Å². The van der Waals surface area contributed by atoms with Gasteiger partial charge in [-0.2, -0.15) is 9.40 Å². The zero-order valence-electron chi connectivity index (χ0n) is 23.8. The molecule has 3 aromatic carbocycles. The van der Waals surface area contributed by atoms with Crippen LogP contribution in [0.15, 0.2) is 101 Å². The lowest BCUT2D eigenvalue weighted by atomic mass is 10.0. The van der Waals surface area contributed by atoms with Gasteiger partial charge in [-0.1, -0.05) is 91.6 Å². The van der Waals surface area contributed by atoms with E-state index in [1.165, 1.54) is 11.8 Å². The van der Waals surface area contributed by atoms with Gasteiger partial charge in [0.2, 0.25) is 10.0 Å². The van der Waals surface area contributed by atoms with Gasteiger partial charge in [0, 0.05) is 37.0 Å². The highest BCUT2D eigenvalue weighted by Gasteiger charge is 2.32. The van der Waals surface area contributed by atoms with Crippen LogP contribution in [0.2, 0.25) is 0 Å². The summed E-state index contributed by atoms with van der Waals surface area (Å²) in [4.78, 5) is 15.9. The van der Waals surface area contributed by atoms with Crippen LogP contribution in [0.3, 0.4) is 0 Å². The minimum absolute atomic E-state index is 0.139. The smallest absolute Gasteiger partial charge is 0.266 e. The molecule has 4 aromatic rings. The van der Waals surface area contributed by atoms with Crippen molar-refractivity contribution in [2.24, 2.45) is 5.92 Å². The van der Waals surface area contributed by atoms with Crippen molar-refractivity contribution in [3.63, 3.8) is 0 Å². The van der Waals surface area contributed by atoms with Crippen LogP contribution in [0, 0.1) is 5.92 Å². The lowest BCUT2D eigenvalue weighted by molar-refractivity contribution is -0.122. The molecule has 2 saturated heterocycles. The van der Waals surface area contributed by atoms with Gasteiger partial charge < -0.3 is 0 Å². The van der Waals surface area contributed by atoms with E-state index in [1.54, 1.807) is 32.1 Å². The van der Waals surface area contributed by atoms with E-state index < -0.39 is 10.0 Å². The third-order valence-electron chi connectivity index (χ3n) is 7.88. The highest BCUT2D eigenvalue weighted by molar-refractivity contribution is 8.26. The first kappa shape index (κ1) is 29.5. The predicted molar refractivity (Wildman–Crippen MR) is 176 cm³/mol. The van der Waals surface area contributed by atoms with Crippen LogP contribution >= 0.6 is 24.0 Å². The van der Waals surface area contributed by atoms with Crippen LogP contribution < -0.4 is 0 Å². The summed E-state index contributed by atoms with van der Waals surface area (Å²) in [5.41, 5.74) is 3.94. The molecule has 220 valence electrons. The Labute approximate surface area is 262 Å². The Hall–Kier alpha value is -3.57. The quantitative estimate of drug-likeness (QED) is 0.166. The number of hydrogen-bond donors (Lipinski definition) is 0. The molecule has 3 heterocycles. The van der Waals surface area contributed by atoms with Gasteiger partial charge >= 0.3 is 0 Å². The molecule has 0 spiro atoms. The fourth-order valence-corrected chi connectivity index (χ4v) is 8.14. The number of aromatic nitrogens is 2. The van der Waals surface area contributed by atoms with E-state index in [0.29, 0.717) is 58.0 Å². The molecule has 6 rings (SSSR count). The number of para-hydroxylation sites is 1. The van der Waals surface area contributed by atoms with Gasteiger partial charge in [-0.15, -0.1) is 0 Å². The molecule has 10 heteroatoms. The first-order valence-corrected chi connectivity index (χ1v) is 17.0. The Morgan fingerprint density at radius 1 is 0.977 bits per heavy atom. The molecule has 2 fully saturated rings. The highest BCUT2D eigenvalue weighted by Crippen LogP contribution is 2.36. The van der Waals surface area contributed by atoms with Crippen LogP contribution in [0.4, 0.5) is 0 Å². The fraction of sp³-hybridized carbons (Fsp3) is 0.242. The molecule has 1 amide bonds. The second-order valence-electron chi connectivity index (χ2n) is 10.9. The molecule has 0 unspecified atom stereocenters. The first-order valence-electron chi connectivity index (χ1n) is 14.3. The summed E-state index contributed by atoms with van der Waals surface area (Å²) in [6.07, 6.45) is 6.10. The number of piperidine rings is 1. The van der Waals surface area contributed by atoms with E-state index >= 15 is 0 Å². The van der Waals surface area contributed by atoms with Crippen molar-refractivity contribution in [2.45, 2.75) is 31.1 Å². The first-order chi connectivity index (χ1) is 20.8. The van der Waals surface area contributed by atoms with Crippen molar-refractivity contribution in [1.29, 1.82) is 0 Å². The van der Waals surface area contributed by atoms with E-state index in [-0.39, 0.29) is 10.8 Å². The Balaban J connectivity index is 1.34. The molecular formula is C33H32N4O3S3. The van der Waals surface area contributed by atoms with E-state index in [4.69, 9.17) is 17.3 Å². The molecule has 0 aliphatic carbocycles. The summed E-state index contributed by atoms with van der Waals surface area (Å²) in [5.74, 6) is 0.383. The van der Waals surface area contributed by atoms with Gasteiger partial charge in [0.1, 0.15) is 10.0 Å². The molecule has 0 bridgehead atoms. The molecular weight excluding hydrogens is 597 g/mol. The van der Waals surface area contributed by atoms with E-state index in [0.717, 1.165) is 24.1 Å². The number of thiocarbonyl (C=S) groups is 1. The molecule has 2 aliphatic heterocycles. The van der Waals surface area contributed by atoms with Gasteiger partial charge in [0.15, 0.2) is 0 Å². The normalized spacial score (nSPS) is 17.7. The third kappa shape index (κ3) is 6.38. The molecule has 2 aliphatic rings. The Bertz CT molecular complexity index is 1780. The second kappa shape index (κ2) is 12.6. The third-order valence-corrected chi connectivity index (χ3v) is 11.2. The standard InChI is InChI=1S/C33H32N4O3S3/c1-24-15-18-35(19-16-24)43(39,40)29-14-8-11-26(21-29)31-27(23-37(34-31)28-12-6-3-7-13-28)22-30-32(38)36(33(41)42-30)20-17-25-9-4-2-5-10-25/h2-14,21-24H,15-20H2,1H3. The number of benzene rings is 3. The monoisotopic (exact) mass is 628 g/mol. The summed E-state index contributed by atoms with van der Waals surface area (Å²) < 4.78 is 31.0. The topological polar surface area (TPSA) is 75.5 Å². The van der Waals surface area contributed by atoms with Crippen molar-refractivity contribution >= 4 is 50.3 Å². The maximum absolute atomic E-state index is 13.6. The average molecular weight is 629 g/mol. The lowest BCUT2D eigenvalue weighted by Gasteiger charge is -2.29. The number of carbonyl (C=O) groups is 1.